The molecule has 1 aliphatic heterocycles. The molecule has 2 heterocycles. The number of fused-ring (bicyclic) bond motifs is 1. The van der Waals surface area contributed by atoms with Crippen LogP contribution in [0.15, 0.2) is 0 Å². The van der Waals surface area contributed by atoms with Gasteiger partial charge in [-0.25, -0.2) is 4.98 Å². The second kappa shape index (κ2) is 2.96. The molecule has 0 saturated heterocycles. The molecule has 7 heteroatoms. The van der Waals surface area contributed by atoms with E-state index in [-0.39, 0.29) is 12.3 Å². The van der Waals surface area contributed by atoms with Crippen LogP contribution in [0.4, 0.5) is 5.82 Å². The number of aliphatic hydroxyl groups excluding tert-OH is 2. The summed E-state index contributed by atoms with van der Waals surface area (Å²) < 4.78 is 0. The third kappa shape index (κ3) is 1.14. The monoisotopic (exact) mass is 198 g/mol. The van der Waals surface area contributed by atoms with Crippen LogP contribution < -0.4 is 10.2 Å². The van der Waals surface area contributed by atoms with Crippen LogP contribution in [0.1, 0.15) is 16.3 Å². The van der Waals surface area contributed by atoms with Crippen LogP contribution in [-0.2, 0) is 6.61 Å². The van der Waals surface area contributed by atoms with Gasteiger partial charge in [-0.2, -0.15) is 0 Å². The van der Waals surface area contributed by atoms with E-state index in [2.05, 4.69) is 15.3 Å². The van der Waals surface area contributed by atoms with Crippen LogP contribution in [0.2, 0.25) is 0 Å². The molecule has 0 bridgehead atoms. The predicted molar refractivity (Wildman–Crippen MR) is 46.4 cm³/mol. The first-order valence-electron chi connectivity index (χ1n) is 4.05. The van der Waals surface area contributed by atoms with Crippen molar-refractivity contribution < 1.29 is 15.0 Å². The van der Waals surface area contributed by atoms with Gasteiger partial charge in [-0.3, -0.25) is 4.79 Å². The minimum Gasteiger partial charge on any atom is -0.388 e. The molecular weight excluding hydrogens is 188 g/mol. The van der Waals surface area contributed by atoms with Crippen molar-refractivity contribution in [3.05, 3.63) is 11.5 Å². The quantitative estimate of drug-likeness (QED) is 0.433. The van der Waals surface area contributed by atoms with E-state index < -0.39 is 12.3 Å². The predicted octanol–water partition coefficient (Wildman–Crippen LogP) is -1.64. The highest BCUT2D eigenvalue weighted by Crippen LogP contribution is 2.21. The lowest BCUT2D eigenvalue weighted by Crippen LogP contribution is -2.51. The number of hydrogen-bond donors (Lipinski definition) is 4. The number of aromatic nitrogens is 2. The number of aromatic amines is 1. The van der Waals surface area contributed by atoms with Crippen LogP contribution in [0, 0.1) is 0 Å². The van der Waals surface area contributed by atoms with Crippen LogP contribution >= 0.6 is 0 Å². The Morgan fingerprint density at radius 2 is 2.36 bits per heavy atom. The molecule has 1 amide bonds. The van der Waals surface area contributed by atoms with Crippen molar-refractivity contribution in [1.82, 2.24) is 15.3 Å². The SMILES string of the molecule is CN1c2nc(CO)[nH]c2C(=O)NC1O. The van der Waals surface area contributed by atoms with Crippen molar-refractivity contribution in [3.8, 4) is 0 Å². The zero-order chi connectivity index (χ0) is 10.3. The summed E-state index contributed by atoms with van der Waals surface area (Å²) in [6.45, 7) is -0.274. The Morgan fingerprint density at radius 3 is 3.00 bits per heavy atom. The van der Waals surface area contributed by atoms with Gasteiger partial charge in [-0.1, -0.05) is 0 Å². The maximum Gasteiger partial charge on any atom is 0.275 e. The Balaban J connectivity index is 2.48. The average Bonchev–Trinajstić information content (AvgIpc) is 2.58. The summed E-state index contributed by atoms with van der Waals surface area (Å²) in [5.74, 6) is 0.203. The zero-order valence-electron chi connectivity index (χ0n) is 7.48. The maximum absolute atomic E-state index is 11.3. The minimum atomic E-state index is -1.08. The molecule has 1 unspecified atom stereocenters. The molecule has 0 aliphatic carbocycles. The largest absolute Gasteiger partial charge is 0.388 e. The highest BCUT2D eigenvalue weighted by Gasteiger charge is 2.30. The molecule has 7 nitrogen and oxygen atoms in total. The molecular formula is C7H10N4O3. The van der Waals surface area contributed by atoms with Crippen molar-refractivity contribution in [3.63, 3.8) is 0 Å². The number of carbonyl (C=O) groups excluding carboxylic acids is 1. The molecule has 0 spiro atoms. The number of imidazole rings is 1. The van der Waals surface area contributed by atoms with Crippen LogP contribution in [-0.4, -0.2) is 39.5 Å². The normalized spacial score (nSPS) is 20.6. The lowest BCUT2D eigenvalue weighted by molar-refractivity contribution is 0.0751. The summed E-state index contributed by atoms with van der Waals surface area (Å²) in [5.41, 5.74) is 0.252. The topological polar surface area (TPSA) is 101 Å². The zero-order valence-corrected chi connectivity index (χ0v) is 7.48. The van der Waals surface area contributed by atoms with E-state index in [4.69, 9.17) is 5.11 Å². The summed E-state index contributed by atoms with van der Waals surface area (Å²) in [6, 6.07) is 0. The molecule has 1 aromatic heterocycles. The van der Waals surface area contributed by atoms with Gasteiger partial charge in [0.05, 0.1) is 0 Å². The number of aliphatic hydroxyl groups is 2. The fourth-order valence-electron chi connectivity index (χ4n) is 1.30. The van der Waals surface area contributed by atoms with Gasteiger partial charge in [0.25, 0.3) is 5.91 Å². The minimum absolute atomic E-state index is 0.252. The number of hydrogen-bond acceptors (Lipinski definition) is 5. The number of H-pyrrole nitrogens is 1. The third-order valence-corrected chi connectivity index (χ3v) is 2.07. The molecule has 0 fully saturated rings. The Labute approximate surface area is 79.4 Å². The second-order valence-electron chi connectivity index (χ2n) is 3.00. The lowest BCUT2D eigenvalue weighted by atomic mass is 10.3. The Bertz CT molecular complexity index is 375. The second-order valence-corrected chi connectivity index (χ2v) is 3.00. The standard InChI is InChI=1S/C7H10N4O3/c1-11-5-4(6(13)10-7(11)14)8-3(2-12)9-5/h7,12,14H,2H2,1H3,(H,8,9)(H,10,13). The van der Waals surface area contributed by atoms with E-state index in [0.717, 1.165) is 0 Å². The number of carbonyl (C=O) groups is 1. The summed E-state index contributed by atoms with van der Waals surface area (Å²) in [6.07, 6.45) is -1.08. The summed E-state index contributed by atoms with van der Waals surface area (Å²) >= 11 is 0. The Kier molecular flexibility index (Phi) is 1.90. The van der Waals surface area contributed by atoms with Gasteiger partial charge in [0.15, 0.2) is 5.82 Å². The molecule has 1 aliphatic rings. The lowest BCUT2D eigenvalue weighted by Gasteiger charge is -2.28. The highest BCUT2D eigenvalue weighted by molar-refractivity contribution is 5.99. The van der Waals surface area contributed by atoms with Crippen molar-refractivity contribution in [2.45, 2.75) is 13.0 Å². The fraction of sp³-hybridized carbons (Fsp3) is 0.429. The van der Waals surface area contributed by atoms with Gasteiger partial charge < -0.3 is 25.4 Å². The number of nitrogens with zero attached hydrogens (tertiary/aromatic N) is 2. The molecule has 14 heavy (non-hydrogen) atoms. The first-order chi connectivity index (χ1) is 6.63. The Hall–Kier alpha value is -1.60. The molecule has 1 aromatic rings. The van der Waals surface area contributed by atoms with Gasteiger partial charge in [0, 0.05) is 7.05 Å². The van der Waals surface area contributed by atoms with Gasteiger partial charge in [-0.05, 0) is 0 Å². The Morgan fingerprint density at radius 1 is 1.64 bits per heavy atom. The summed E-state index contributed by atoms with van der Waals surface area (Å²) in [5, 5.41) is 20.5. The van der Waals surface area contributed by atoms with Crippen molar-refractivity contribution in [2.75, 3.05) is 11.9 Å². The van der Waals surface area contributed by atoms with Crippen molar-refractivity contribution in [1.29, 1.82) is 0 Å². The van der Waals surface area contributed by atoms with E-state index in [9.17, 15) is 9.90 Å². The van der Waals surface area contributed by atoms with E-state index in [1.165, 1.54) is 4.90 Å². The van der Waals surface area contributed by atoms with E-state index >= 15 is 0 Å². The van der Waals surface area contributed by atoms with Gasteiger partial charge >= 0.3 is 0 Å². The van der Waals surface area contributed by atoms with Gasteiger partial charge in [-0.15, -0.1) is 0 Å². The first kappa shape index (κ1) is 8.97. The first-order valence-corrected chi connectivity index (χ1v) is 4.05. The van der Waals surface area contributed by atoms with Crippen molar-refractivity contribution in [2.24, 2.45) is 0 Å². The van der Waals surface area contributed by atoms with E-state index in [1.54, 1.807) is 7.05 Å². The molecule has 1 atom stereocenters. The molecule has 4 N–H and O–H groups in total. The number of amides is 1. The van der Waals surface area contributed by atoms with Crippen LogP contribution in [0.5, 0.6) is 0 Å². The smallest absolute Gasteiger partial charge is 0.275 e. The van der Waals surface area contributed by atoms with Crippen molar-refractivity contribution >= 4 is 11.7 Å². The number of anilines is 1. The highest BCUT2D eigenvalue weighted by atomic mass is 16.3. The van der Waals surface area contributed by atoms with Gasteiger partial charge in [0.1, 0.15) is 18.1 Å². The van der Waals surface area contributed by atoms with E-state index in [0.29, 0.717) is 11.6 Å². The number of nitrogens with one attached hydrogen (secondary N) is 2. The fourth-order valence-corrected chi connectivity index (χ4v) is 1.30. The number of rotatable bonds is 1. The van der Waals surface area contributed by atoms with Crippen LogP contribution in [0.25, 0.3) is 0 Å². The van der Waals surface area contributed by atoms with E-state index in [1.807, 2.05) is 0 Å². The molecule has 2 rings (SSSR count). The molecule has 0 radical (unpaired) electrons. The maximum atomic E-state index is 11.3. The summed E-state index contributed by atoms with van der Waals surface area (Å²) in [7, 11) is 1.59. The average molecular weight is 198 g/mol. The molecule has 76 valence electrons. The van der Waals surface area contributed by atoms with Gasteiger partial charge in [0.2, 0.25) is 6.35 Å². The molecule has 0 saturated carbocycles. The van der Waals surface area contributed by atoms with Crippen LogP contribution in [0.3, 0.4) is 0 Å². The molecule has 0 aromatic carbocycles. The summed E-state index contributed by atoms with van der Waals surface area (Å²) in [4.78, 5) is 19.3. The third-order valence-electron chi connectivity index (χ3n) is 2.07.